The summed E-state index contributed by atoms with van der Waals surface area (Å²) < 4.78 is 22.6. The Labute approximate surface area is 242 Å². The van der Waals surface area contributed by atoms with Crippen LogP contribution >= 0.6 is 12.6 Å². The van der Waals surface area contributed by atoms with E-state index in [0.29, 0.717) is 12.2 Å². The summed E-state index contributed by atoms with van der Waals surface area (Å²) in [5, 5.41) is 76.8. The summed E-state index contributed by atoms with van der Waals surface area (Å²) in [7, 11) is 0. The number of carboxylic acids is 1. The molecule has 9 N–H and O–H groups in total. The highest BCUT2D eigenvalue weighted by Crippen LogP contribution is 2.34. The molecule has 17 heteroatoms. The molecule has 0 bridgehead atoms. The Kier molecular flexibility index (Phi) is 14.1. The van der Waals surface area contributed by atoms with Crippen molar-refractivity contribution in [2.75, 3.05) is 25.6 Å². The van der Waals surface area contributed by atoms with Crippen LogP contribution in [0.2, 0.25) is 0 Å². The summed E-state index contributed by atoms with van der Waals surface area (Å²) in [5.74, 6) is -4.94. The number of hydrogen-bond acceptors (Lipinski definition) is 14. The molecule has 2 heterocycles. The lowest BCUT2D eigenvalue weighted by atomic mass is 9.88. The average molecular weight is 615 g/mol. The van der Waals surface area contributed by atoms with E-state index in [9.17, 15) is 50.1 Å². The third-order valence-electron chi connectivity index (χ3n) is 6.82. The number of nitrogens with one attached hydrogen (secondary N) is 2. The van der Waals surface area contributed by atoms with Gasteiger partial charge >= 0.3 is 5.97 Å². The minimum atomic E-state index is -2.68. The van der Waals surface area contributed by atoms with Crippen LogP contribution in [0.5, 0.6) is 0 Å². The second-order valence-corrected chi connectivity index (χ2v) is 10.5. The zero-order valence-electron chi connectivity index (χ0n) is 22.9. The van der Waals surface area contributed by atoms with Gasteiger partial charge in [0.25, 0.3) is 5.79 Å². The number of rotatable bonds is 15. The maximum atomic E-state index is 12.4. The normalized spacial score (nSPS) is 35.3. The van der Waals surface area contributed by atoms with Gasteiger partial charge in [0.1, 0.15) is 42.7 Å². The van der Waals surface area contributed by atoms with Crippen LogP contribution in [0.1, 0.15) is 39.5 Å². The number of unbranched alkanes of at least 4 members (excludes halogenated alkanes) is 2. The third kappa shape index (κ3) is 9.42. The van der Waals surface area contributed by atoms with E-state index in [1.807, 2.05) is 0 Å². The van der Waals surface area contributed by atoms with E-state index in [2.05, 4.69) is 23.3 Å². The zero-order valence-corrected chi connectivity index (χ0v) is 23.8. The Hall–Kier alpha value is -1.64. The molecule has 0 unspecified atom stereocenters. The summed E-state index contributed by atoms with van der Waals surface area (Å²) in [6, 6.07) is -2.56. The Bertz CT molecular complexity index is 870. The fourth-order valence-electron chi connectivity index (χ4n) is 4.68. The predicted molar refractivity (Wildman–Crippen MR) is 140 cm³/mol. The number of aliphatic hydroxyl groups is 6. The molecule has 2 saturated heterocycles. The van der Waals surface area contributed by atoms with Gasteiger partial charge in [-0.15, -0.1) is 0 Å². The lowest BCUT2D eigenvalue weighted by Crippen LogP contribution is -2.69. The van der Waals surface area contributed by atoms with Gasteiger partial charge in [0.2, 0.25) is 11.8 Å². The van der Waals surface area contributed by atoms with Crippen molar-refractivity contribution in [3.8, 4) is 0 Å². The lowest BCUT2D eigenvalue weighted by molar-refractivity contribution is -0.330. The second kappa shape index (κ2) is 16.3. The molecule has 11 atom stereocenters. The number of carbonyl (C=O) groups excluding carboxylic acids is 2. The van der Waals surface area contributed by atoms with Gasteiger partial charge in [-0.1, -0.05) is 6.42 Å². The number of carboxylic acid groups (broad SMARTS) is 1. The number of thiol groups is 1. The molecule has 2 rings (SSSR count). The van der Waals surface area contributed by atoms with Crippen LogP contribution in [0, 0.1) is 0 Å². The smallest absolute Gasteiger partial charge is 0.364 e. The average Bonchev–Trinajstić information content (AvgIpc) is 2.91. The summed E-state index contributed by atoms with van der Waals surface area (Å²) in [6.45, 7) is 0.800. The van der Waals surface area contributed by atoms with E-state index < -0.39 is 104 Å². The van der Waals surface area contributed by atoms with Crippen LogP contribution in [0.4, 0.5) is 0 Å². The molecule has 0 aliphatic carbocycles. The van der Waals surface area contributed by atoms with Crippen molar-refractivity contribution in [3.05, 3.63) is 0 Å². The van der Waals surface area contributed by atoms with Crippen molar-refractivity contribution < 1.29 is 69.1 Å². The van der Waals surface area contributed by atoms with Crippen molar-refractivity contribution in [1.29, 1.82) is 0 Å². The van der Waals surface area contributed by atoms with E-state index in [0.717, 1.165) is 19.8 Å². The monoisotopic (exact) mass is 614 g/mol. The summed E-state index contributed by atoms with van der Waals surface area (Å²) in [4.78, 5) is 35.8. The van der Waals surface area contributed by atoms with Crippen LogP contribution in [0.15, 0.2) is 0 Å². The molecule has 2 fully saturated rings. The standard InChI is InChI=1S/C24H42N2O14S/c1-11(28)25-16-13(30)8-24(23(35)36,40-21(16)18(32)14(31)9-27)38-10-15-19(33)20(34)17(26-12(2)29)22(39-15)37-6-4-3-5-7-41/h13-22,27,30-34,41H,3-10H2,1-2H3,(H,25,28)(H,26,29)(H,35,36)/t13-,14+,15+,16+,17+,18+,19-,20+,21+,22-,24+/m0/s1. The quantitative estimate of drug-likeness (QED) is 0.0628. The molecule has 0 saturated carbocycles. The number of carbonyl (C=O) groups is 3. The number of aliphatic carboxylic acids is 1. The molecule has 0 aromatic heterocycles. The third-order valence-corrected chi connectivity index (χ3v) is 7.14. The van der Waals surface area contributed by atoms with Crippen molar-refractivity contribution in [2.24, 2.45) is 0 Å². The van der Waals surface area contributed by atoms with Gasteiger partial charge in [-0.05, 0) is 18.6 Å². The minimum absolute atomic E-state index is 0.177. The molecular formula is C24H42N2O14S. The van der Waals surface area contributed by atoms with E-state index >= 15 is 0 Å². The van der Waals surface area contributed by atoms with Gasteiger partial charge in [-0.3, -0.25) is 9.59 Å². The molecule has 0 aromatic carbocycles. The fourth-order valence-corrected chi connectivity index (χ4v) is 4.91. The fraction of sp³-hybridized carbons (Fsp3) is 0.875. The van der Waals surface area contributed by atoms with E-state index in [1.54, 1.807) is 0 Å². The van der Waals surface area contributed by atoms with Crippen molar-refractivity contribution in [2.45, 2.75) is 106 Å². The number of ether oxygens (including phenoxy) is 4. The molecule has 2 aliphatic rings. The molecule has 0 aromatic rings. The largest absolute Gasteiger partial charge is 0.477 e. The number of hydrogen-bond donors (Lipinski definition) is 10. The summed E-state index contributed by atoms with van der Waals surface area (Å²) in [6.07, 6.45) is -11.7. The summed E-state index contributed by atoms with van der Waals surface area (Å²) in [5.41, 5.74) is 0. The minimum Gasteiger partial charge on any atom is -0.477 e. The van der Waals surface area contributed by atoms with Gasteiger partial charge in [-0.25, -0.2) is 4.79 Å². The van der Waals surface area contributed by atoms with Crippen LogP contribution < -0.4 is 10.6 Å². The number of amides is 2. The Morgan fingerprint density at radius 1 is 1.02 bits per heavy atom. The van der Waals surface area contributed by atoms with Gasteiger partial charge in [0.05, 0.1) is 25.4 Å². The Balaban J connectivity index is 2.26. The van der Waals surface area contributed by atoms with Gasteiger partial charge in [0, 0.05) is 26.9 Å². The molecule has 41 heavy (non-hydrogen) atoms. The van der Waals surface area contributed by atoms with Crippen LogP contribution in [0.3, 0.4) is 0 Å². The zero-order chi connectivity index (χ0) is 30.9. The maximum absolute atomic E-state index is 12.4. The van der Waals surface area contributed by atoms with Crippen molar-refractivity contribution >= 4 is 30.4 Å². The second-order valence-electron chi connectivity index (χ2n) is 10.1. The van der Waals surface area contributed by atoms with E-state index in [-0.39, 0.29) is 6.61 Å². The molecule has 238 valence electrons. The van der Waals surface area contributed by atoms with Gasteiger partial charge < -0.3 is 65.3 Å². The Morgan fingerprint density at radius 3 is 2.22 bits per heavy atom. The summed E-state index contributed by atoms with van der Waals surface area (Å²) >= 11 is 4.14. The molecule has 0 spiro atoms. The topological polar surface area (TPSA) is 254 Å². The first-order valence-corrected chi connectivity index (χ1v) is 13.9. The molecule has 2 amide bonds. The van der Waals surface area contributed by atoms with Crippen LogP contribution in [0.25, 0.3) is 0 Å². The molecule has 0 radical (unpaired) electrons. The first-order valence-electron chi connectivity index (χ1n) is 13.3. The first kappa shape index (κ1) is 35.6. The molecular weight excluding hydrogens is 572 g/mol. The van der Waals surface area contributed by atoms with Crippen molar-refractivity contribution in [3.63, 3.8) is 0 Å². The molecule has 16 nitrogen and oxygen atoms in total. The van der Waals surface area contributed by atoms with Gasteiger partial charge in [0.15, 0.2) is 6.29 Å². The highest BCUT2D eigenvalue weighted by Gasteiger charge is 2.56. The Morgan fingerprint density at radius 2 is 1.66 bits per heavy atom. The van der Waals surface area contributed by atoms with Gasteiger partial charge in [-0.2, -0.15) is 12.6 Å². The van der Waals surface area contributed by atoms with E-state index in [1.165, 1.54) is 6.92 Å². The highest BCUT2D eigenvalue weighted by molar-refractivity contribution is 7.80. The van der Waals surface area contributed by atoms with E-state index in [4.69, 9.17) is 18.9 Å². The SMILES string of the molecule is CC(=O)N[C@H]1[C@@H](OCCCCCS)O[C@H](CO[C@]2(C(=O)O)C[C@H](O)[C@@H](NC(C)=O)[C@H]([C@H](O)[C@H](O)CO)O2)[C@H](O)[C@@H]1O. The number of aliphatic hydroxyl groups excluding tert-OH is 6. The lowest BCUT2D eigenvalue weighted by Gasteiger charge is -2.47. The maximum Gasteiger partial charge on any atom is 0.364 e. The molecule has 2 aliphatic heterocycles. The first-order chi connectivity index (χ1) is 19.3. The highest BCUT2D eigenvalue weighted by atomic mass is 32.1. The van der Waals surface area contributed by atoms with Crippen LogP contribution in [-0.4, -0.2) is 146 Å². The predicted octanol–water partition coefficient (Wildman–Crippen LogP) is -3.78. The van der Waals surface area contributed by atoms with Crippen LogP contribution in [-0.2, 0) is 33.3 Å². The van der Waals surface area contributed by atoms with Crippen molar-refractivity contribution in [1.82, 2.24) is 10.6 Å².